The smallest absolute Gasteiger partial charge is 0.266 e. The Morgan fingerprint density at radius 3 is 2.32 bits per heavy atom. The van der Waals surface area contributed by atoms with E-state index in [2.05, 4.69) is 11.8 Å². The van der Waals surface area contributed by atoms with Gasteiger partial charge in [0.05, 0.1) is 27.5 Å². The molecule has 0 aromatic heterocycles. The van der Waals surface area contributed by atoms with Gasteiger partial charge in [0.25, 0.3) is 11.8 Å². The number of amides is 2. The fraction of sp³-hybridized carbons (Fsp3) is 0.300. The molecule has 2 aliphatic rings. The number of piperidine rings is 1. The van der Waals surface area contributed by atoms with Crippen LogP contribution >= 0.6 is 11.6 Å². The third kappa shape index (κ3) is 2.71. The second kappa shape index (κ2) is 6.19. The summed E-state index contributed by atoms with van der Waals surface area (Å²) in [5, 5.41) is 0.572. The van der Waals surface area contributed by atoms with Gasteiger partial charge in [0.2, 0.25) is 0 Å². The Balaban J connectivity index is 1.66. The molecule has 2 amide bonds. The number of carbonyl (C=O) groups excluding carboxylic acids is 2. The highest BCUT2D eigenvalue weighted by molar-refractivity contribution is 6.36. The van der Waals surface area contributed by atoms with Gasteiger partial charge in [-0.25, -0.2) is 4.90 Å². The van der Waals surface area contributed by atoms with Crippen LogP contribution < -0.4 is 9.80 Å². The molecule has 0 N–H and O–H groups in total. The summed E-state index contributed by atoms with van der Waals surface area (Å²) in [6.45, 7) is 4.20. The van der Waals surface area contributed by atoms with Crippen LogP contribution in [0, 0.1) is 5.92 Å². The molecule has 4 nitrogen and oxygen atoms in total. The molecule has 2 aromatic rings. The monoisotopic (exact) mass is 354 g/mol. The number of benzene rings is 2. The largest absolute Gasteiger partial charge is 0.370 e. The van der Waals surface area contributed by atoms with Gasteiger partial charge in [0.15, 0.2) is 0 Å². The summed E-state index contributed by atoms with van der Waals surface area (Å²) in [5.41, 5.74) is 2.37. The molecular formula is C20H19ClN2O2. The minimum absolute atomic E-state index is 0.295. The van der Waals surface area contributed by atoms with Crippen molar-refractivity contribution in [3.05, 3.63) is 58.6 Å². The Kier molecular flexibility index (Phi) is 4.00. The van der Waals surface area contributed by atoms with Crippen LogP contribution in [0.1, 0.15) is 40.5 Å². The average Bonchev–Trinajstić information content (AvgIpc) is 2.86. The number of halogens is 1. The lowest BCUT2D eigenvalue weighted by Crippen LogP contribution is -2.34. The van der Waals surface area contributed by atoms with E-state index in [1.807, 2.05) is 12.1 Å². The molecule has 0 aliphatic carbocycles. The number of hydrogen-bond donors (Lipinski definition) is 0. The molecule has 5 heteroatoms. The fourth-order valence-corrected chi connectivity index (χ4v) is 4.02. The summed E-state index contributed by atoms with van der Waals surface area (Å²) in [7, 11) is 0. The molecule has 25 heavy (non-hydrogen) atoms. The van der Waals surface area contributed by atoms with Crippen LogP contribution in [-0.2, 0) is 0 Å². The van der Waals surface area contributed by atoms with Crippen molar-refractivity contribution in [1.82, 2.24) is 0 Å². The first-order chi connectivity index (χ1) is 12.1. The van der Waals surface area contributed by atoms with E-state index in [0.717, 1.165) is 25.2 Å². The molecule has 2 heterocycles. The maximum absolute atomic E-state index is 12.6. The quantitative estimate of drug-likeness (QED) is 0.751. The Morgan fingerprint density at radius 1 is 1.04 bits per heavy atom. The van der Waals surface area contributed by atoms with E-state index in [0.29, 0.717) is 27.8 Å². The summed E-state index contributed by atoms with van der Waals surface area (Å²) in [6, 6.07) is 12.3. The molecule has 4 rings (SSSR count). The van der Waals surface area contributed by atoms with E-state index in [4.69, 9.17) is 11.6 Å². The van der Waals surface area contributed by atoms with E-state index < -0.39 is 0 Å². The Labute approximate surface area is 152 Å². The fourth-order valence-electron chi connectivity index (χ4n) is 3.72. The number of imide groups is 1. The molecule has 128 valence electrons. The lowest BCUT2D eigenvalue weighted by molar-refractivity contribution is 0.0926. The van der Waals surface area contributed by atoms with Crippen LogP contribution in [0.15, 0.2) is 42.5 Å². The standard InChI is InChI=1S/C20H19ClN2O2/c1-13-5-4-10-22(12-13)18-9-8-14(11-17(18)21)23-19(24)15-6-2-3-7-16(15)20(23)25/h2-3,6-9,11,13H,4-5,10,12H2,1H3. The number of anilines is 2. The van der Waals surface area contributed by atoms with Gasteiger partial charge in [0, 0.05) is 13.1 Å². The van der Waals surface area contributed by atoms with Crippen LogP contribution in [0.3, 0.4) is 0 Å². The number of hydrogen-bond acceptors (Lipinski definition) is 3. The van der Waals surface area contributed by atoms with Gasteiger partial charge in [-0.1, -0.05) is 30.7 Å². The van der Waals surface area contributed by atoms with Crippen LogP contribution in [0.4, 0.5) is 11.4 Å². The molecular weight excluding hydrogens is 336 g/mol. The molecule has 2 aliphatic heterocycles. The minimum atomic E-state index is -0.295. The van der Waals surface area contributed by atoms with Crippen molar-refractivity contribution in [1.29, 1.82) is 0 Å². The van der Waals surface area contributed by atoms with Crippen LogP contribution in [0.5, 0.6) is 0 Å². The van der Waals surface area contributed by atoms with Gasteiger partial charge in [-0.3, -0.25) is 9.59 Å². The van der Waals surface area contributed by atoms with Gasteiger partial charge < -0.3 is 4.90 Å². The zero-order valence-electron chi connectivity index (χ0n) is 14.0. The number of rotatable bonds is 2. The predicted octanol–water partition coefficient (Wildman–Crippen LogP) is 4.38. The Hall–Kier alpha value is -2.33. The molecule has 1 unspecified atom stereocenters. The van der Waals surface area contributed by atoms with Crippen molar-refractivity contribution < 1.29 is 9.59 Å². The van der Waals surface area contributed by atoms with Gasteiger partial charge in [-0.2, -0.15) is 0 Å². The van der Waals surface area contributed by atoms with Crippen molar-refractivity contribution in [2.45, 2.75) is 19.8 Å². The normalized spacial score (nSPS) is 20.2. The van der Waals surface area contributed by atoms with Crippen LogP contribution in [0.25, 0.3) is 0 Å². The van der Waals surface area contributed by atoms with Gasteiger partial charge in [-0.15, -0.1) is 0 Å². The second-order valence-electron chi connectivity index (χ2n) is 6.82. The van der Waals surface area contributed by atoms with Crippen LogP contribution in [0.2, 0.25) is 5.02 Å². The zero-order chi connectivity index (χ0) is 17.6. The van der Waals surface area contributed by atoms with Gasteiger partial charge in [-0.05, 0) is 49.1 Å². The first-order valence-corrected chi connectivity index (χ1v) is 8.96. The van der Waals surface area contributed by atoms with Gasteiger partial charge >= 0.3 is 0 Å². The highest BCUT2D eigenvalue weighted by Crippen LogP contribution is 2.35. The second-order valence-corrected chi connectivity index (χ2v) is 7.23. The lowest BCUT2D eigenvalue weighted by Gasteiger charge is -2.33. The third-order valence-corrected chi connectivity index (χ3v) is 5.28. The van der Waals surface area contributed by atoms with E-state index in [-0.39, 0.29) is 11.8 Å². The van der Waals surface area contributed by atoms with Crippen molar-refractivity contribution in [3.8, 4) is 0 Å². The van der Waals surface area contributed by atoms with Crippen molar-refractivity contribution >= 4 is 34.8 Å². The summed E-state index contributed by atoms with van der Waals surface area (Å²) in [4.78, 5) is 28.7. The summed E-state index contributed by atoms with van der Waals surface area (Å²) in [5.74, 6) is 0.0488. The van der Waals surface area contributed by atoms with Crippen molar-refractivity contribution in [2.24, 2.45) is 5.92 Å². The Morgan fingerprint density at radius 2 is 1.72 bits per heavy atom. The predicted molar refractivity (Wildman–Crippen MR) is 99.6 cm³/mol. The van der Waals surface area contributed by atoms with Gasteiger partial charge in [0.1, 0.15) is 0 Å². The maximum atomic E-state index is 12.6. The van der Waals surface area contributed by atoms with E-state index in [1.54, 1.807) is 30.3 Å². The first kappa shape index (κ1) is 16.2. The molecule has 2 aromatic carbocycles. The Bertz CT molecular complexity index is 830. The minimum Gasteiger partial charge on any atom is -0.370 e. The van der Waals surface area contributed by atoms with Crippen LogP contribution in [-0.4, -0.2) is 24.9 Å². The molecule has 1 saturated heterocycles. The number of nitrogens with zero attached hydrogens (tertiary/aromatic N) is 2. The zero-order valence-corrected chi connectivity index (χ0v) is 14.8. The molecule has 0 radical (unpaired) electrons. The summed E-state index contributed by atoms with van der Waals surface area (Å²) in [6.07, 6.45) is 2.39. The maximum Gasteiger partial charge on any atom is 0.266 e. The lowest BCUT2D eigenvalue weighted by atomic mass is 10.00. The molecule has 0 spiro atoms. The summed E-state index contributed by atoms with van der Waals surface area (Å²) >= 11 is 6.50. The molecule has 1 fully saturated rings. The van der Waals surface area contributed by atoms with E-state index in [1.165, 1.54) is 11.3 Å². The number of carbonyl (C=O) groups is 2. The summed E-state index contributed by atoms with van der Waals surface area (Å²) < 4.78 is 0. The molecule has 1 atom stereocenters. The highest BCUT2D eigenvalue weighted by atomic mass is 35.5. The van der Waals surface area contributed by atoms with Crippen molar-refractivity contribution in [3.63, 3.8) is 0 Å². The third-order valence-electron chi connectivity index (χ3n) is 4.98. The SMILES string of the molecule is CC1CCCN(c2ccc(N3C(=O)c4ccccc4C3=O)cc2Cl)C1. The average molecular weight is 355 g/mol. The topological polar surface area (TPSA) is 40.6 Å². The molecule has 0 saturated carbocycles. The van der Waals surface area contributed by atoms with E-state index >= 15 is 0 Å². The van der Waals surface area contributed by atoms with E-state index in [9.17, 15) is 9.59 Å². The highest BCUT2D eigenvalue weighted by Gasteiger charge is 2.36. The molecule has 0 bridgehead atoms. The first-order valence-electron chi connectivity index (χ1n) is 8.58. The van der Waals surface area contributed by atoms with Crippen molar-refractivity contribution in [2.75, 3.05) is 22.9 Å². The number of fused-ring (bicyclic) bond motifs is 1.